The van der Waals surface area contributed by atoms with Crippen LogP contribution in [0.25, 0.3) is 0 Å². The van der Waals surface area contributed by atoms with E-state index in [0.717, 1.165) is 0 Å². The van der Waals surface area contributed by atoms with Crippen LogP contribution in [0.1, 0.15) is 6.92 Å². The van der Waals surface area contributed by atoms with E-state index in [0.29, 0.717) is 0 Å². The highest BCUT2D eigenvalue weighted by molar-refractivity contribution is 8.11. The van der Waals surface area contributed by atoms with Gasteiger partial charge in [0.1, 0.15) is 12.5 Å². The van der Waals surface area contributed by atoms with E-state index in [1.807, 2.05) is 0 Å². The molecule has 0 aliphatic rings. The van der Waals surface area contributed by atoms with Gasteiger partial charge in [-0.3, -0.25) is 9.88 Å². The minimum Gasteiger partial charge on any atom is -0.468 e. The highest BCUT2D eigenvalue weighted by Gasteiger charge is 2.18. The van der Waals surface area contributed by atoms with E-state index in [1.165, 1.54) is 14.2 Å². The number of carbonyl (C=O) groups is 1. The molecule has 6 heteroatoms. The van der Waals surface area contributed by atoms with Gasteiger partial charge in [0.05, 0.1) is 7.11 Å². The third kappa shape index (κ3) is 4.16. The van der Waals surface area contributed by atoms with Gasteiger partial charge < -0.3 is 9.26 Å². The third-order valence-corrected chi connectivity index (χ3v) is 3.65. The van der Waals surface area contributed by atoms with E-state index in [-0.39, 0.29) is 5.97 Å². The van der Waals surface area contributed by atoms with Crippen molar-refractivity contribution >= 4 is 24.2 Å². The number of esters is 1. The Kier molecular flexibility index (Phi) is 4.94. The molecule has 0 rings (SSSR count). The lowest BCUT2D eigenvalue weighted by Crippen LogP contribution is -2.32. The van der Waals surface area contributed by atoms with Crippen molar-refractivity contribution in [1.82, 2.24) is 5.09 Å². The largest absolute Gasteiger partial charge is 0.468 e. The van der Waals surface area contributed by atoms with Crippen molar-refractivity contribution in [2.24, 2.45) is 0 Å². The summed E-state index contributed by atoms with van der Waals surface area (Å²) in [6.45, 7) is 3.46. The first-order chi connectivity index (χ1) is 5.43. The summed E-state index contributed by atoms with van der Waals surface area (Å²) < 4.78 is 9.53. The Labute approximate surface area is 77.8 Å². The first kappa shape index (κ1) is 12.0. The van der Waals surface area contributed by atoms with Gasteiger partial charge in [-0.2, -0.15) is 0 Å². The Morgan fingerprint density at radius 2 is 2.08 bits per heavy atom. The molecule has 0 bridgehead atoms. The van der Waals surface area contributed by atoms with Crippen LogP contribution in [0.5, 0.6) is 0 Å². The fourth-order valence-electron chi connectivity index (χ4n) is 0.634. The minimum absolute atomic E-state index is 0.330. The maximum atomic E-state index is 10.9. The maximum absolute atomic E-state index is 10.9. The monoisotopic (exact) mass is 211 g/mol. The lowest BCUT2D eigenvalue weighted by atomic mass is 10.4. The molecule has 0 saturated carbocycles. The molecule has 0 heterocycles. The van der Waals surface area contributed by atoms with Crippen molar-refractivity contribution in [2.75, 3.05) is 20.9 Å². The lowest BCUT2D eigenvalue weighted by Gasteiger charge is -2.19. The molecule has 2 atom stereocenters. The standard InChI is InChI=1S/C6H14NO3PS/c1-5(6(8)9-2)7-11(4,12)10-3/h5H,1-4H3,(H,7,12). The number of rotatable bonds is 4. The van der Waals surface area contributed by atoms with Crippen LogP contribution in [0.2, 0.25) is 0 Å². The highest BCUT2D eigenvalue weighted by atomic mass is 32.4. The second kappa shape index (κ2) is 4.92. The Morgan fingerprint density at radius 3 is 2.42 bits per heavy atom. The number of carbonyl (C=O) groups excluding carboxylic acids is 1. The lowest BCUT2D eigenvalue weighted by molar-refractivity contribution is -0.142. The summed E-state index contributed by atoms with van der Waals surface area (Å²) in [5, 5.41) is 2.89. The quantitative estimate of drug-likeness (QED) is 0.548. The van der Waals surface area contributed by atoms with Gasteiger partial charge in [0.25, 0.3) is 0 Å². The van der Waals surface area contributed by atoms with Crippen molar-refractivity contribution in [2.45, 2.75) is 13.0 Å². The maximum Gasteiger partial charge on any atom is 0.322 e. The summed E-state index contributed by atoms with van der Waals surface area (Å²) in [5.41, 5.74) is 0. The molecule has 2 unspecified atom stereocenters. The van der Waals surface area contributed by atoms with Gasteiger partial charge in [-0.1, -0.05) is 11.8 Å². The summed E-state index contributed by atoms with van der Waals surface area (Å²) in [7, 11) is 2.87. The molecular weight excluding hydrogens is 197 g/mol. The summed E-state index contributed by atoms with van der Waals surface area (Å²) >= 11 is 5.06. The Balaban J connectivity index is 4.09. The zero-order valence-corrected chi connectivity index (χ0v) is 9.37. The molecule has 0 amide bonds. The van der Waals surface area contributed by atoms with Crippen LogP contribution in [0, 0.1) is 0 Å². The number of hydrogen-bond acceptors (Lipinski definition) is 4. The fourth-order valence-corrected chi connectivity index (χ4v) is 2.02. The number of nitrogens with one attached hydrogen (secondary N) is 1. The van der Waals surface area contributed by atoms with Gasteiger partial charge in [0.2, 0.25) is 0 Å². The molecule has 0 aromatic carbocycles. The molecule has 0 aromatic heterocycles. The van der Waals surface area contributed by atoms with Crippen LogP contribution in [0.3, 0.4) is 0 Å². The molecule has 0 fully saturated rings. The second-order valence-electron chi connectivity index (χ2n) is 2.40. The van der Waals surface area contributed by atoms with E-state index < -0.39 is 12.5 Å². The number of ether oxygens (including phenoxy) is 1. The van der Waals surface area contributed by atoms with Crippen molar-refractivity contribution in [3.8, 4) is 0 Å². The number of methoxy groups -OCH3 is 1. The molecule has 4 nitrogen and oxygen atoms in total. The van der Waals surface area contributed by atoms with Gasteiger partial charge >= 0.3 is 5.97 Å². The van der Waals surface area contributed by atoms with Crippen LogP contribution < -0.4 is 5.09 Å². The minimum atomic E-state index is -2.01. The zero-order chi connectivity index (χ0) is 9.78. The predicted molar refractivity (Wildman–Crippen MR) is 51.8 cm³/mol. The Bertz CT molecular complexity index is 209. The van der Waals surface area contributed by atoms with Crippen LogP contribution >= 0.6 is 6.42 Å². The summed E-state index contributed by atoms with van der Waals surface area (Å²) in [5.74, 6) is -0.330. The average Bonchev–Trinajstić information content (AvgIpc) is 2.02. The average molecular weight is 211 g/mol. The van der Waals surface area contributed by atoms with Crippen LogP contribution in [-0.2, 0) is 25.9 Å². The summed E-state index contributed by atoms with van der Waals surface area (Å²) in [4.78, 5) is 10.9. The van der Waals surface area contributed by atoms with Gasteiger partial charge in [-0.05, 0) is 6.92 Å². The van der Waals surface area contributed by atoms with Crippen molar-refractivity contribution < 1.29 is 14.1 Å². The highest BCUT2D eigenvalue weighted by Crippen LogP contribution is 2.36. The molecule has 0 aromatic rings. The van der Waals surface area contributed by atoms with E-state index in [1.54, 1.807) is 13.6 Å². The van der Waals surface area contributed by atoms with Crippen molar-refractivity contribution in [3.05, 3.63) is 0 Å². The normalized spacial score (nSPS) is 18.0. The predicted octanol–water partition coefficient (Wildman–Crippen LogP) is 0.723. The molecule has 0 aliphatic carbocycles. The SMILES string of the molecule is COC(=O)C(C)NP(C)(=S)OC. The molecule has 0 radical (unpaired) electrons. The van der Waals surface area contributed by atoms with E-state index in [4.69, 9.17) is 16.3 Å². The van der Waals surface area contributed by atoms with Crippen LogP contribution in [0.15, 0.2) is 0 Å². The summed E-state index contributed by atoms with van der Waals surface area (Å²) in [6, 6.07) is -0.411. The van der Waals surface area contributed by atoms with Gasteiger partial charge in [-0.15, -0.1) is 0 Å². The third-order valence-electron chi connectivity index (χ3n) is 1.33. The first-order valence-electron chi connectivity index (χ1n) is 3.42. The molecule has 0 aliphatic heterocycles. The van der Waals surface area contributed by atoms with E-state index in [9.17, 15) is 4.79 Å². The van der Waals surface area contributed by atoms with Gasteiger partial charge in [-0.25, -0.2) is 0 Å². The first-order valence-corrected chi connectivity index (χ1v) is 6.58. The van der Waals surface area contributed by atoms with Crippen molar-refractivity contribution in [1.29, 1.82) is 0 Å². The fraction of sp³-hybridized carbons (Fsp3) is 0.833. The molecule has 0 saturated heterocycles. The zero-order valence-electron chi connectivity index (χ0n) is 7.66. The molecule has 72 valence electrons. The smallest absolute Gasteiger partial charge is 0.322 e. The van der Waals surface area contributed by atoms with Crippen LogP contribution in [0.4, 0.5) is 0 Å². The van der Waals surface area contributed by atoms with Gasteiger partial charge in [0.15, 0.2) is 0 Å². The molecule has 0 spiro atoms. The Morgan fingerprint density at radius 1 is 1.58 bits per heavy atom. The summed E-state index contributed by atoms with van der Waals surface area (Å²) in [6.07, 6.45) is -2.01. The Hall–Kier alpha value is 0.0400. The molecule has 12 heavy (non-hydrogen) atoms. The van der Waals surface area contributed by atoms with E-state index in [2.05, 4.69) is 9.82 Å². The van der Waals surface area contributed by atoms with Crippen molar-refractivity contribution in [3.63, 3.8) is 0 Å². The number of hydrogen-bond donors (Lipinski definition) is 1. The van der Waals surface area contributed by atoms with Gasteiger partial charge in [0, 0.05) is 13.8 Å². The topological polar surface area (TPSA) is 47.6 Å². The molecular formula is C6H14NO3PS. The van der Waals surface area contributed by atoms with Crippen LogP contribution in [-0.4, -0.2) is 32.9 Å². The van der Waals surface area contributed by atoms with E-state index >= 15 is 0 Å². The second-order valence-corrected chi connectivity index (χ2v) is 6.81. The molecule has 1 N–H and O–H groups in total.